The Labute approximate surface area is 186 Å². The molecule has 32 heavy (non-hydrogen) atoms. The lowest BCUT2D eigenvalue weighted by atomic mass is 10.1. The van der Waals surface area contributed by atoms with E-state index in [1.165, 1.54) is 22.0 Å². The summed E-state index contributed by atoms with van der Waals surface area (Å²) in [5, 5.41) is 15.4. The molecule has 3 aromatic rings. The van der Waals surface area contributed by atoms with Gasteiger partial charge >= 0.3 is 5.69 Å². The van der Waals surface area contributed by atoms with Crippen LogP contribution in [0.5, 0.6) is 5.75 Å². The molecule has 0 unspecified atom stereocenters. The van der Waals surface area contributed by atoms with Crippen LogP contribution in [0, 0.1) is 10.1 Å². The molecule has 0 atom stereocenters. The molecule has 0 saturated carbocycles. The summed E-state index contributed by atoms with van der Waals surface area (Å²) in [6.45, 7) is 5.76. The fraction of sp³-hybridized carbons (Fsp3) is 0.333. The van der Waals surface area contributed by atoms with Crippen molar-refractivity contribution in [1.82, 2.24) is 14.4 Å². The van der Waals surface area contributed by atoms with E-state index in [0.717, 1.165) is 18.1 Å². The number of aryl methyl sites for hydroxylation is 1. The minimum Gasteiger partial charge on any atom is -0.477 e. The Bertz CT molecular complexity index is 1190. The second-order valence-electron chi connectivity index (χ2n) is 6.83. The van der Waals surface area contributed by atoms with Gasteiger partial charge in [-0.2, -0.15) is 9.29 Å². The van der Waals surface area contributed by atoms with Crippen LogP contribution in [0.1, 0.15) is 32.2 Å². The number of aromatic nitrogens is 2. The molecule has 0 saturated heterocycles. The molecule has 0 fully saturated rings. The van der Waals surface area contributed by atoms with Crippen molar-refractivity contribution in [2.75, 3.05) is 13.1 Å². The molecule has 1 aromatic heterocycles. The first-order chi connectivity index (χ1) is 15.3. The van der Waals surface area contributed by atoms with Crippen LogP contribution in [-0.4, -0.2) is 40.9 Å². The van der Waals surface area contributed by atoms with Gasteiger partial charge in [-0.1, -0.05) is 50.2 Å². The monoisotopic (exact) mass is 460 g/mol. The van der Waals surface area contributed by atoms with Crippen molar-refractivity contribution >= 4 is 15.7 Å². The maximum Gasteiger partial charge on any atom is 0.312 e. The van der Waals surface area contributed by atoms with E-state index < -0.39 is 20.6 Å². The second-order valence-corrected chi connectivity index (χ2v) is 8.76. The third kappa shape index (κ3) is 4.94. The number of hydrogen-bond donors (Lipinski definition) is 0. The average molecular weight is 461 g/mol. The fourth-order valence-corrected chi connectivity index (χ4v) is 4.57. The molecule has 0 amide bonds. The van der Waals surface area contributed by atoms with Crippen LogP contribution in [0.3, 0.4) is 0 Å². The zero-order valence-corrected chi connectivity index (χ0v) is 18.8. The molecule has 11 heteroatoms. The molecule has 0 aliphatic heterocycles. The van der Waals surface area contributed by atoms with E-state index >= 15 is 0 Å². The van der Waals surface area contributed by atoms with E-state index in [4.69, 9.17) is 9.26 Å². The highest BCUT2D eigenvalue weighted by molar-refractivity contribution is 7.89. The van der Waals surface area contributed by atoms with Crippen molar-refractivity contribution in [1.29, 1.82) is 0 Å². The smallest absolute Gasteiger partial charge is 0.312 e. The predicted molar refractivity (Wildman–Crippen MR) is 117 cm³/mol. The van der Waals surface area contributed by atoms with E-state index in [1.807, 2.05) is 24.3 Å². The van der Waals surface area contributed by atoms with Gasteiger partial charge in [0.15, 0.2) is 12.4 Å². The Balaban J connectivity index is 1.79. The Morgan fingerprint density at radius 1 is 1.09 bits per heavy atom. The van der Waals surface area contributed by atoms with Crippen molar-refractivity contribution in [3.8, 4) is 17.1 Å². The summed E-state index contributed by atoms with van der Waals surface area (Å²) in [5.74, 6) is 0.413. The van der Waals surface area contributed by atoms with Crippen molar-refractivity contribution in [3.63, 3.8) is 0 Å². The topological polar surface area (TPSA) is 129 Å². The van der Waals surface area contributed by atoms with Gasteiger partial charge in [0, 0.05) is 24.7 Å². The second kappa shape index (κ2) is 9.88. The first-order valence-electron chi connectivity index (χ1n) is 10.1. The molecule has 0 bridgehead atoms. The standard InChI is InChI=1S/C21H24N4O6S/c1-4-15-7-9-16(10-8-15)21-22-20(31-23-21)14-30-19-12-11-17(13-18(19)25(26)27)32(28,29)24(5-2)6-3/h7-13H,4-6,14H2,1-3H3. The molecular formula is C21H24N4O6S. The fourth-order valence-electron chi connectivity index (χ4n) is 3.09. The average Bonchev–Trinajstić information content (AvgIpc) is 3.27. The number of nitro groups is 1. The van der Waals surface area contributed by atoms with Gasteiger partial charge in [-0.15, -0.1) is 0 Å². The van der Waals surface area contributed by atoms with E-state index in [2.05, 4.69) is 17.1 Å². The number of nitro benzene ring substituents is 1. The van der Waals surface area contributed by atoms with Crippen molar-refractivity contribution in [3.05, 3.63) is 64.0 Å². The van der Waals surface area contributed by atoms with E-state index in [9.17, 15) is 18.5 Å². The van der Waals surface area contributed by atoms with Crippen LogP contribution in [0.15, 0.2) is 51.9 Å². The highest BCUT2D eigenvalue weighted by Crippen LogP contribution is 2.31. The van der Waals surface area contributed by atoms with Crippen LogP contribution < -0.4 is 4.74 Å². The maximum absolute atomic E-state index is 12.7. The molecule has 1 heterocycles. The molecule has 0 aliphatic rings. The summed E-state index contributed by atoms with van der Waals surface area (Å²) >= 11 is 0. The zero-order valence-electron chi connectivity index (χ0n) is 18.0. The normalized spacial score (nSPS) is 11.6. The first-order valence-corrected chi connectivity index (χ1v) is 11.6. The first kappa shape index (κ1) is 23.4. The highest BCUT2D eigenvalue weighted by Gasteiger charge is 2.26. The van der Waals surface area contributed by atoms with Crippen LogP contribution >= 0.6 is 0 Å². The Hall–Kier alpha value is -3.31. The number of nitrogens with zero attached hydrogens (tertiary/aromatic N) is 4. The highest BCUT2D eigenvalue weighted by atomic mass is 32.2. The van der Waals surface area contributed by atoms with Gasteiger partial charge in [-0.3, -0.25) is 10.1 Å². The predicted octanol–water partition coefficient (Wildman–Crippen LogP) is 3.82. The SMILES string of the molecule is CCc1ccc(-c2noc(COc3ccc(S(=O)(=O)N(CC)CC)cc3[N+](=O)[O-])n2)cc1. The largest absolute Gasteiger partial charge is 0.477 e. The number of hydrogen-bond acceptors (Lipinski definition) is 8. The summed E-state index contributed by atoms with van der Waals surface area (Å²) in [6, 6.07) is 11.2. The number of benzene rings is 2. The summed E-state index contributed by atoms with van der Waals surface area (Å²) in [7, 11) is -3.84. The van der Waals surface area contributed by atoms with E-state index in [1.54, 1.807) is 13.8 Å². The van der Waals surface area contributed by atoms with Crippen molar-refractivity contribution < 1.29 is 22.6 Å². The van der Waals surface area contributed by atoms with Crippen LogP contribution in [0.2, 0.25) is 0 Å². The molecule has 3 rings (SSSR count). The third-order valence-corrected chi connectivity index (χ3v) is 6.96. The van der Waals surface area contributed by atoms with E-state index in [0.29, 0.717) is 5.82 Å². The summed E-state index contributed by atoms with van der Waals surface area (Å²) in [6.07, 6.45) is 0.916. The molecular weight excluding hydrogens is 436 g/mol. The number of sulfonamides is 1. The molecule has 0 spiro atoms. The van der Waals surface area contributed by atoms with Gasteiger partial charge in [0.05, 0.1) is 9.82 Å². The minimum atomic E-state index is -3.84. The van der Waals surface area contributed by atoms with Gasteiger partial charge in [-0.05, 0) is 24.1 Å². The molecule has 10 nitrogen and oxygen atoms in total. The molecule has 0 radical (unpaired) electrons. The quantitative estimate of drug-likeness (QED) is 0.330. The van der Waals surface area contributed by atoms with Crippen molar-refractivity contribution in [2.24, 2.45) is 0 Å². The van der Waals surface area contributed by atoms with Gasteiger partial charge in [0.2, 0.25) is 15.8 Å². The number of ether oxygens (including phenoxy) is 1. The lowest BCUT2D eigenvalue weighted by Gasteiger charge is -2.18. The molecule has 0 N–H and O–H groups in total. The van der Waals surface area contributed by atoms with Crippen LogP contribution in [0.25, 0.3) is 11.4 Å². The summed E-state index contributed by atoms with van der Waals surface area (Å²) < 4.78 is 37.2. The van der Waals surface area contributed by atoms with Gasteiger partial charge in [0.25, 0.3) is 5.89 Å². The number of rotatable bonds is 10. The third-order valence-electron chi connectivity index (χ3n) is 4.91. The van der Waals surface area contributed by atoms with Crippen LogP contribution in [0.4, 0.5) is 5.69 Å². The van der Waals surface area contributed by atoms with Gasteiger partial charge < -0.3 is 9.26 Å². The Morgan fingerprint density at radius 2 is 1.78 bits per heavy atom. The Morgan fingerprint density at radius 3 is 2.38 bits per heavy atom. The van der Waals surface area contributed by atoms with Crippen LogP contribution in [-0.2, 0) is 23.1 Å². The van der Waals surface area contributed by atoms with E-state index in [-0.39, 0.29) is 36.2 Å². The molecule has 0 aliphatic carbocycles. The van der Waals surface area contributed by atoms with Gasteiger partial charge in [0.1, 0.15) is 0 Å². The molecule has 170 valence electrons. The molecule has 2 aromatic carbocycles. The maximum atomic E-state index is 12.7. The zero-order chi connectivity index (χ0) is 23.3. The van der Waals surface area contributed by atoms with Crippen molar-refractivity contribution in [2.45, 2.75) is 38.7 Å². The van der Waals surface area contributed by atoms with Gasteiger partial charge in [-0.25, -0.2) is 8.42 Å². The summed E-state index contributed by atoms with van der Waals surface area (Å²) in [4.78, 5) is 14.9. The lowest BCUT2D eigenvalue weighted by molar-refractivity contribution is -0.386. The Kier molecular flexibility index (Phi) is 7.21. The lowest BCUT2D eigenvalue weighted by Crippen LogP contribution is -2.30. The minimum absolute atomic E-state index is 0.0967. The summed E-state index contributed by atoms with van der Waals surface area (Å²) in [5.41, 5.74) is 1.49.